The highest BCUT2D eigenvalue weighted by Gasteiger charge is 2.36. The summed E-state index contributed by atoms with van der Waals surface area (Å²) in [6.07, 6.45) is 2.83. The maximum atomic E-state index is 12.9. The standard InChI is InChI=1S/C22H26N2O4S/c1-29(27,28)15-13-20(24-16-18-11-5-6-12-19(18)22(24)26)21(25)23-14-7-10-17-8-3-2-4-9-17/h2-6,8-9,11-12,20H,7,10,13-16H2,1H3,(H,23,25)/t20-/m0/s1. The molecule has 1 heterocycles. The summed E-state index contributed by atoms with van der Waals surface area (Å²) in [5, 5.41) is 2.89. The van der Waals surface area contributed by atoms with Crippen molar-refractivity contribution in [2.75, 3.05) is 18.6 Å². The summed E-state index contributed by atoms with van der Waals surface area (Å²) < 4.78 is 23.3. The second-order valence-electron chi connectivity index (χ2n) is 7.40. The van der Waals surface area contributed by atoms with Crippen molar-refractivity contribution in [1.29, 1.82) is 0 Å². The van der Waals surface area contributed by atoms with Gasteiger partial charge < -0.3 is 10.2 Å². The van der Waals surface area contributed by atoms with Crippen molar-refractivity contribution in [2.24, 2.45) is 0 Å². The first-order chi connectivity index (χ1) is 13.8. The van der Waals surface area contributed by atoms with Crippen LogP contribution in [0.4, 0.5) is 0 Å². The highest BCUT2D eigenvalue weighted by atomic mass is 32.2. The fraction of sp³-hybridized carbons (Fsp3) is 0.364. The second-order valence-corrected chi connectivity index (χ2v) is 9.66. The third-order valence-corrected chi connectivity index (χ3v) is 6.05. The number of rotatable bonds is 9. The van der Waals surface area contributed by atoms with Crippen molar-refractivity contribution < 1.29 is 18.0 Å². The van der Waals surface area contributed by atoms with Crippen molar-refractivity contribution in [2.45, 2.75) is 31.8 Å². The molecule has 0 bridgehead atoms. The molecular weight excluding hydrogens is 388 g/mol. The maximum Gasteiger partial charge on any atom is 0.255 e. The van der Waals surface area contributed by atoms with Crippen LogP contribution in [0.3, 0.4) is 0 Å². The van der Waals surface area contributed by atoms with Crippen LogP contribution in [0.15, 0.2) is 54.6 Å². The van der Waals surface area contributed by atoms with E-state index in [9.17, 15) is 18.0 Å². The van der Waals surface area contributed by atoms with E-state index in [0.717, 1.165) is 24.7 Å². The van der Waals surface area contributed by atoms with Gasteiger partial charge >= 0.3 is 0 Å². The number of fused-ring (bicyclic) bond motifs is 1. The van der Waals surface area contributed by atoms with Crippen LogP contribution in [0, 0.1) is 0 Å². The molecule has 1 N–H and O–H groups in total. The minimum absolute atomic E-state index is 0.0864. The highest BCUT2D eigenvalue weighted by Crippen LogP contribution is 2.25. The van der Waals surface area contributed by atoms with Crippen molar-refractivity contribution in [3.05, 3.63) is 71.3 Å². The molecule has 1 atom stereocenters. The van der Waals surface area contributed by atoms with Crippen molar-refractivity contribution in [1.82, 2.24) is 10.2 Å². The Hall–Kier alpha value is -2.67. The molecule has 2 aromatic carbocycles. The third-order valence-electron chi connectivity index (χ3n) is 5.07. The fourth-order valence-electron chi connectivity index (χ4n) is 3.55. The van der Waals surface area contributed by atoms with Crippen LogP contribution in [0.2, 0.25) is 0 Å². The number of nitrogens with one attached hydrogen (secondary N) is 1. The Kier molecular flexibility index (Phi) is 6.69. The van der Waals surface area contributed by atoms with Crippen molar-refractivity contribution in [3.8, 4) is 0 Å². The first-order valence-electron chi connectivity index (χ1n) is 9.73. The number of carbonyl (C=O) groups excluding carboxylic acids is 2. The Morgan fingerprint density at radius 3 is 2.48 bits per heavy atom. The van der Waals surface area contributed by atoms with Gasteiger partial charge in [-0.25, -0.2) is 8.42 Å². The maximum absolute atomic E-state index is 12.9. The van der Waals surface area contributed by atoms with E-state index < -0.39 is 15.9 Å². The first-order valence-corrected chi connectivity index (χ1v) is 11.8. The van der Waals surface area contributed by atoms with Gasteiger partial charge in [0.1, 0.15) is 15.9 Å². The molecule has 1 aliphatic heterocycles. The van der Waals surface area contributed by atoms with Gasteiger partial charge in [-0.1, -0.05) is 48.5 Å². The van der Waals surface area contributed by atoms with E-state index in [2.05, 4.69) is 5.32 Å². The van der Waals surface area contributed by atoms with Crippen LogP contribution in [-0.2, 0) is 27.6 Å². The average molecular weight is 415 g/mol. The fourth-order valence-corrected chi connectivity index (χ4v) is 4.20. The lowest BCUT2D eigenvalue weighted by Gasteiger charge is -2.26. The van der Waals surface area contributed by atoms with Gasteiger partial charge in [0.05, 0.1) is 5.75 Å². The lowest BCUT2D eigenvalue weighted by molar-refractivity contribution is -0.125. The Labute approximate surface area is 171 Å². The number of amides is 2. The summed E-state index contributed by atoms with van der Waals surface area (Å²) in [6.45, 7) is 0.791. The molecule has 0 aliphatic carbocycles. The molecule has 2 amide bonds. The molecule has 154 valence electrons. The molecule has 0 spiro atoms. The molecule has 3 rings (SSSR count). The Bertz CT molecular complexity index is 973. The van der Waals surface area contributed by atoms with Crippen LogP contribution in [0.1, 0.15) is 34.3 Å². The highest BCUT2D eigenvalue weighted by molar-refractivity contribution is 7.90. The van der Waals surface area contributed by atoms with Gasteiger partial charge in [0.15, 0.2) is 0 Å². The number of carbonyl (C=O) groups is 2. The zero-order chi connectivity index (χ0) is 20.9. The number of nitrogens with zero attached hydrogens (tertiary/aromatic N) is 1. The van der Waals surface area contributed by atoms with Crippen LogP contribution in [0.5, 0.6) is 0 Å². The second kappa shape index (κ2) is 9.22. The molecule has 0 radical (unpaired) electrons. The molecule has 0 saturated heterocycles. The van der Waals surface area contributed by atoms with Crippen LogP contribution >= 0.6 is 0 Å². The average Bonchev–Trinajstić information content (AvgIpc) is 3.02. The summed E-state index contributed by atoms with van der Waals surface area (Å²) in [5.74, 6) is -0.670. The number of aryl methyl sites for hydroxylation is 1. The van der Waals surface area contributed by atoms with E-state index in [0.29, 0.717) is 18.7 Å². The Morgan fingerprint density at radius 1 is 1.10 bits per heavy atom. The number of sulfone groups is 1. The smallest absolute Gasteiger partial charge is 0.255 e. The summed E-state index contributed by atoms with van der Waals surface area (Å²) >= 11 is 0. The molecule has 0 aromatic heterocycles. The van der Waals surface area contributed by atoms with Crippen LogP contribution in [0.25, 0.3) is 0 Å². The van der Waals surface area contributed by atoms with Gasteiger partial charge in [-0.15, -0.1) is 0 Å². The van der Waals surface area contributed by atoms with Crippen molar-refractivity contribution in [3.63, 3.8) is 0 Å². The van der Waals surface area contributed by atoms with E-state index in [1.165, 1.54) is 10.5 Å². The molecule has 6 nitrogen and oxygen atoms in total. The quantitative estimate of drug-likeness (QED) is 0.638. The van der Waals surface area contributed by atoms with Gasteiger partial charge in [0.2, 0.25) is 5.91 Å². The minimum atomic E-state index is -3.25. The molecule has 29 heavy (non-hydrogen) atoms. The van der Waals surface area contributed by atoms with Gasteiger partial charge in [-0.05, 0) is 36.5 Å². The number of benzene rings is 2. The predicted molar refractivity (Wildman–Crippen MR) is 112 cm³/mol. The molecule has 0 saturated carbocycles. The van der Waals surface area contributed by atoms with E-state index in [1.807, 2.05) is 42.5 Å². The van der Waals surface area contributed by atoms with E-state index in [-0.39, 0.29) is 24.0 Å². The topological polar surface area (TPSA) is 83.6 Å². The molecule has 1 aliphatic rings. The largest absolute Gasteiger partial charge is 0.354 e. The van der Waals surface area contributed by atoms with E-state index >= 15 is 0 Å². The van der Waals surface area contributed by atoms with Gasteiger partial charge in [-0.2, -0.15) is 0 Å². The lowest BCUT2D eigenvalue weighted by atomic mass is 10.1. The first kappa shape index (κ1) is 21.0. The minimum Gasteiger partial charge on any atom is -0.354 e. The lowest BCUT2D eigenvalue weighted by Crippen LogP contribution is -2.48. The summed E-state index contributed by atoms with van der Waals surface area (Å²) in [7, 11) is -3.25. The molecule has 0 fully saturated rings. The van der Waals surface area contributed by atoms with E-state index in [1.54, 1.807) is 12.1 Å². The summed E-state index contributed by atoms with van der Waals surface area (Å²) in [6, 6.07) is 16.4. The Morgan fingerprint density at radius 2 is 1.79 bits per heavy atom. The van der Waals surface area contributed by atoms with Crippen molar-refractivity contribution >= 4 is 21.7 Å². The molecule has 0 unspecified atom stereocenters. The SMILES string of the molecule is CS(=O)(=O)CC[C@@H](C(=O)NCCCc1ccccc1)N1Cc2ccccc2C1=O. The van der Waals surface area contributed by atoms with Crippen LogP contribution < -0.4 is 5.32 Å². The van der Waals surface area contributed by atoms with Gasteiger partial charge in [0.25, 0.3) is 5.91 Å². The molecular formula is C22H26N2O4S. The zero-order valence-corrected chi connectivity index (χ0v) is 17.3. The molecule has 2 aromatic rings. The third kappa shape index (κ3) is 5.67. The summed E-state index contributed by atoms with van der Waals surface area (Å²) in [5.41, 5.74) is 2.63. The van der Waals surface area contributed by atoms with Crippen LogP contribution in [-0.4, -0.2) is 49.7 Å². The number of hydrogen-bond acceptors (Lipinski definition) is 4. The van der Waals surface area contributed by atoms with E-state index in [4.69, 9.17) is 0 Å². The zero-order valence-electron chi connectivity index (χ0n) is 16.5. The Balaban J connectivity index is 1.63. The number of hydrogen-bond donors (Lipinski definition) is 1. The van der Waals surface area contributed by atoms with Gasteiger partial charge in [-0.3, -0.25) is 9.59 Å². The monoisotopic (exact) mass is 414 g/mol. The predicted octanol–water partition coefficient (Wildman–Crippen LogP) is 2.19. The molecule has 7 heteroatoms. The summed E-state index contributed by atoms with van der Waals surface area (Å²) in [4.78, 5) is 27.1. The van der Waals surface area contributed by atoms with Gasteiger partial charge in [0, 0.05) is 24.9 Å². The normalized spacial score (nSPS) is 14.5.